The summed E-state index contributed by atoms with van der Waals surface area (Å²) in [6.45, 7) is 1.79. The van der Waals surface area contributed by atoms with E-state index in [1.54, 1.807) is 0 Å². The Labute approximate surface area is 116 Å². The highest BCUT2D eigenvalue weighted by Crippen LogP contribution is 2.26. The van der Waals surface area contributed by atoms with Gasteiger partial charge in [0.1, 0.15) is 24.0 Å². The number of nitriles is 1. The van der Waals surface area contributed by atoms with Crippen LogP contribution in [-0.4, -0.2) is 31.1 Å². The van der Waals surface area contributed by atoms with E-state index in [-0.39, 0.29) is 0 Å². The molecule has 96 valence electrons. The van der Waals surface area contributed by atoms with Crippen molar-refractivity contribution in [1.82, 2.24) is 4.90 Å². The Morgan fingerprint density at radius 3 is 3.06 bits per heavy atom. The molecule has 1 aliphatic heterocycles. The van der Waals surface area contributed by atoms with Gasteiger partial charge < -0.3 is 9.64 Å². The average molecular weight is 309 g/mol. The van der Waals surface area contributed by atoms with E-state index in [9.17, 15) is 0 Å². The first-order chi connectivity index (χ1) is 8.72. The molecule has 1 atom stereocenters. The number of likely N-dealkylation sites (N-methyl/N-ethyl adjacent to an activating group) is 1. The van der Waals surface area contributed by atoms with Crippen LogP contribution in [-0.2, 0) is 0 Å². The van der Waals surface area contributed by atoms with Gasteiger partial charge in [-0.15, -0.1) is 0 Å². The first-order valence-corrected chi connectivity index (χ1v) is 7.03. The third kappa shape index (κ3) is 3.04. The third-order valence-electron chi connectivity index (χ3n) is 3.44. The predicted molar refractivity (Wildman–Crippen MR) is 74.6 cm³/mol. The summed E-state index contributed by atoms with van der Waals surface area (Å²) >= 11 is 3.37. The van der Waals surface area contributed by atoms with Crippen LogP contribution in [0.4, 0.5) is 0 Å². The van der Waals surface area contributed by atoms with Crippen molar-refractivity contribution in [2.75, 3.05) is 20.2 Å². The van der Waals surface area contributed by atoms with Crippen LogP contribution in [0, 0.1) is 11.3 Å². The number of benzene rings is 1. The smallest absolute Gasteiger partial charge is 0.138 e. The molecule has 4 heteroatoms. The summed E-state index contributed by atoms with van der Waals surface area (Å²) in [7, 11) is 2.14. The Bertz CT molecular complexity index is 456. The predicted octanol–water partition coefficient (Wildman–Crippen LogP) is 3.18. The van der Waals surface area contributed by atoms with E-state index in [2.05, 4.69) is 33.9 Å². The van der Waals surface area contributed by atoms with E-state index < -0.39 is 0 Å². The zero-order valence-corrected chi connectivity index (χ0v) is 12.1. The van der Waals surface area contributed by atoms with Crippen LogP contribution >= 0.6 is 15.9 Å². The lowest BCUT2D eigenvalue weighted by Gasteiger charge is -2.32. The third-order valence-corrected chi connectivity index (χ3v) is 4.10. The molecule has 1 fully saturated rings. The summed E-state index contributed by atoms with van der Waals surface area (Å²) in [6, 6.07) is 8.25. The maximum atomic E-state index is 9.12. The Morgan fingerprint density at radius 1 is 1.50 bits per heavy atom. The second-order valence-electron chi connectivity index (χ2n) is 4.67. The van der Waals surface area contributed by atoms with E-state index in [0.717, 1.165) is 11.0 Å². The van der Waals surface area contributed by atoms with Crippen molar-refractivity contribution in [2.45, 2.75) is 25.3 Å². The van der Waals surface area contributed by atoms with Crippen LogP contribution in [0.15, 0.2) is 22.7 Å². The second kappa shape index (κ2) is 6.21. The zero-order valence-electron chi connectivity index (χ0n) is 10.5. The summed E-state index contributed by atoms with van der Waals surface area (Å²) in [5, 5.41) is 9.12. The summed E-state index contributed by atoms with van der Waals surface area (Å²) in [6.07, 6.45) is 3.71. The minimum atomic E-state index is 0.462. The molecular formula is C14H17BrN2O. The minimum Gasteiger partial charge on any atom is -0.491 e. The van der Waals surface area contributed by atoms with Crippen molar-refractivity contribution < 1.29 is 4.74 Å². The average Bonchev–Trinajstić information content (AvgIpc) is 2.38. The second-order valence-corrected chi connectivity index (χ2v) is 5.52. The van der Waals surface area contributed by atoms with Gasteiger partial charge in [-0.2, -0.15) is 5.26 Å². The minimum absolute atomic E-state index is 0.462. The molecule has 0 saturated carbocycles. The number of hydrogen-bond acceptors (Lipinski definition) is 3. The van der Waals surface area contributed by atoms with Crippen LogP contribution in [0.3, 0.4) is 0 Å². The SMILES string of the molecule is CN1CCCCC1COc1cccc(Br)c1C#N. The Morgan fingerprint density at radius 2 is 2.33 bits per heavy atom. The summed E-state index contributed by atoms with van der Waals surface area (Å²) < 4.78 is 6.62. The number of halogens is 1. The highest BCUT2D eigenvalue weighted by molar-refractivity contribution is 9.10. The van der Waals surface area contributed by atoms with Crippen LogP contribution in [0.2, 0.25) is 0 Å². The maximum Gasteiger partial charge on any atom is 0.138 e. The Kier molecular flexibility index (Phi) is 4.62. The molecule has 3 nitrogen and oxygen atoms in total. The number of rotatable bonds is 3. The van der Waals surface area contributed by atoms with Gasteiger partial charge in [0.2, 0.25) is 0 Å². The van der Waals surface area contributed by atoms with E-state index >= 15 is 0 Å². The molecule has 0 aromatic heterocycles. The molecule has 1 saturated heterocycles. The lowest BCUT2D eigenvalue weighted by molar-refractivity contribution is 0.125. The van der Waals surface area contributed by atoms with Crippen LogP contribution in [0.25, 0.3) is 0 Å². The summed E-state index contributed by atoms with van der Waals surface area (Å²) in [5.74, 6) is 0.672. The fourth-order valence-corrected chi connectivity index (χ4v) is 2.71. The van der Waals surface area contributed by atoms with Crippen molar-refractivity contribution >= 4 is 15.9 Å². The number of hydrogen-bond donors (Lipinski definition) is 0. The molecule has 1 aliphatic rings. The highest BCUT2D eigenvalue weighted by Gasteiger charge is 2.20. The zero-order chi connectivity index (χ0) is 13.0. The van der Waals surface area contributed by atoms with Gasteiger partial charge in [0.15, 0.2) is 0 Å². The largest absolute Gasteiger partial charge is 0.491 e. The normalized spacial score (nSPS) is 20.4. The van der Waals surface area contributed by atoms with Crippen molar-refractivity contribution in [1.29, 1.82) is 5.26 Å². The van der Waals surface area contributed by atoms with Crippen molar-refractivity contribution in [3.8, 4) is 11.8 Å². The van der Waals surface area contributed by atoms with Gasteiger partial charge in [-0.25, -0.2) is 0 Å². The van der Waals surface area contributed by atoms with Gasteiger partial charge in [0, 0.05) is 10.5 Å². The number of likely N-dealkylation sites (tertiary alicyclic amines) is 1. The first kappa shape index (κ1) is 13.4. The van der Waals surface area contributed by atoms with Gasteiger partial charge in [-0.05, 0) is 54.5 Å². The Balaban J connectivity index is 2.02. The fraction of sp³-hybridized carbons (Fsp3) is 0.500. The lowest BCUT2D eigenvalue weighted by atomic mass is 10.0. The fourth-order valence-electron chi connectivity index (χ4n) is 2.27. The molecular weight excluding hydrogens is 292 g/mol. The lowest BCUT2D eigenvalue weighted by Crippen LogP contribution is -2.40. The molecule has 18 heavy (non-hydrogen) atoms. The molecule has 1 unspecified atom stereocenters. The van der Waals surface area contributed by atoms with Crippen molar-refractivity contribution in [3.63, 3.8) is 0 Å². The molecule has 0 bridgehead atoms. The summed E-state index contributed by atoms with van der Waals surface area (Å²) in [5.41, 5.74) is 0.580. The van der Waals surface area contributed by atoms with Crippen LogP contribution < -0.4 is 4.74 Å². The topological polar surface area (TPSA) is 36.3 Å². The van der Waals surface area contributed by atoms with E-state index in [4.69, 9.17) is 10.00 Å². The molecule has 1 aromatic carbocycles. The molecule has 0 radical (unpaired) electrons. The van der Waals surface area contributed by atoms with Gasteiger partial charge in [0.25, 0.3) is 0 Å². The van der Waals surface area contributed by atoms with E-state index in [1.807, 2.05) is 18.2 Å². The maximum absolute atomic E-state index is 9.12. The molecule has 2 rings (SSSR count). The molecule has 0 amide bonds. The van der Waals surface area contributed by atoms with Gasteiger partial charge in [-0.3, -0.25) is 0 Å². The van der Waals surface area contributed by atoms with E-state index in [1.165, 1.54) is 19.3 Å². The number of piperidine rings is 1. The Hall–Kier alpha value is -1.05. The molecule has 0 spiro atoms. The first-order valence-electron chi connectivity index (χ1n) is 6.24. The van der Waals surface area contributed by atoms with Crippen molar-refractivity contribution in [2.24, 2.45) is 0 Å². The highest BCUT2D eigenvalue weighted by atomic mass is 79.9. The number of nitrogens with zero attached hydrogens (tertiary/aromatic N) is 2. The quantitative estimate of drug-likeness (QED) is 0.860. The van der Waals surface area contributed by atoms with Gasteiger partial charge in [0.05, 0.1) is 0 Å². The molecule has 0 aliphatic carbocycles. The summed E-state index contributed by atoms with van der Waals surface area (Å²) in [4.78, 5) is 2.34. The molecule has 0 N–H and O–H groups in total. The molecule has 1 aromatic rings. The van der Waals surface area contributed by atoms with Crippen molar-refractivity contribution in [3.05, 3.63) is 28.2 Å². The standard InChI is InChI=1S/C14H17BrN2O/c1-17-8-3-2-5-11(17)10-18-14-7-4-6-13(15)12(14)9-16/h4,6-7,11H,2-3,5,8,10H2,1H3. The van der Waals surface area contributed by atoms with E-state index in [0.29, 0.717) is 24.0 Å². The van der Waals surface area contributed by atoms with Gasteiger partial charge >= 0.3 is 0 Å². The van der Waals surface area contributed by atoms with Gasteiger partial charge in [-0.1, -0.05) is 12.5 Å². The number of ether oxygens (including phenoxy) is 1. The molecule has 1 heterocycles. The van der Waals surface area contributed by atoms with Crippen LogP contribution in [0.5, 0.6) is 5.75 Å². The monoisotopic (exact) mass is 308 g/mol. The van der Waals surface area contributed by atoms with Crippen LogP contribution in [0.1, 0.15) is 24.8 Å².